The molecule has 0 aliphatic rings. The molecule has 1 N–H and O–H groups in total. The largest absolute Gasteiger partial charge is 0.321 e. The average Bonchev–Trinajstić information content (AvgIpc) is 2.60. The van der Waals surface area contributed by atoms with Gasteiger partial charge in [0.15, 0.2) is 0 Å². The van der Waals surface area contributed by atoms with Gasteiger partial charge in [-0.25, -0.2) is 0 Å². The molecule has 0 spiro atoms. The summed E-state index contributed by atoms with van der Waals surface area (Å²) in [4.78, 5) is 17.7. The number of aromatic nitrogens is 1. The third kappa shape index (κ3) is 3.48. The predicted octanol–water partition coefficient (Wildman–Crippen LogP) is 6.04. The van der Waals surface area contributed by atoms with Crippen LogP contribution in [0.1, 0.15) is 66.7 Å². The first-order valence-electron chi connectivity index (χ1n) is 9.19. The van der Waals surface area contributed by atoms with Gasteiger partial charge in [-0.1, -0.05) is 64.1 Å². The first-order chi connectivity index (χ1) is 12.4. The lowest BCUT2D eigenvalue weighted by Gasteiger charge is -2.20. The Labute approximate surface area is 155 Å². The highest BCUT2D eigenvalue weighted by atomic mass is 16.1. The molecule has 0 bridgehead atoms. The fourth-order valence-corrected chi connectivity index (χ4v) is 3.30. The number of anilines is 1. The van der Waals surface area contributed by atoms with Crippen LogP contribution in [0.2, 0.25) is 0 Å². The normalized spacial score (nSPS) is 11.3. The topological polar surface area (TPSA) is 42.0 Å². The lowest BCUT2D eigenvalue weighted by atomic mass is 9.92. The van der Waals surface area contributed by atoms with E-state index in [0.29, 0.717) is 17.4 Å². The van der Waals surface area contributed by atoms with Gasteiger partial charge in [-0.05, 0) is 42.0 Å². The minimum absolute atomic E-state index is 0.108. The molecule has 0 atom stereocenters. The van der Waals surface area contributed by atoms with Gasteiger partial charge in [-0.2, -0.15) is 0 Å². The van der Waals surface area contributed by atoms with E-state index < -0.39 is 0 Å². The molecule has 134 valence electrons. The van der Waals surface area contributed by atoms with Crippen molar-refractivity contribution in [2.24, 2.45) is 0 Å². The zero-order chi connectivity index (χ0) is 18.8. The number of hydrogen-bond acceptors (Lipinski definition) is 2. The molecule has 1 amide bonds. The summed E-state index contributed by atoms with van der Waals surface area (Å²) in [6.07, 6.45) is 0. The molecule has 0 saturated carbocycles. The number of pyridine rings is 1. The zero-order valence-corrected chi connectivity index (χ0v) is 16.1. The monoisotopic (exact) mass is 346 g/mol. The number of amides is 1. The molecule has 3 rings (SSSR count). The van der Waals surface area contributed by atoms with Gasteiger partial charge in [0.2, 0.25) is 0 Å². The van der Waals surface area contributed by atoms with Gasteiger partial charge in [0.05, 0.1) is 11.1 Å². The fraction of sp³-hybridized carbons (Fsp3) is 0.304. The Morgan fingerprint density at radius 2 is 1.50 bits per heavy atom. The molecule has 0 saturated heterocycles. The fourth-order valence-electron chi connectivity index (χ4n) is 3.30. The minimum Gasteiger partial charge on any atom is -0.321 e. The van der Waals surface area contributed by atoms with Gasteiger partial charge >= 0.3 is 0 Å². The highest BCUT2D eigenvalue weighted by Gasteiger charge is 2.18. The van der Waals surface area contributed by atoms with Crippen LogP contribution < -0.4 is 5.32 Å². The molecule has 0 unspecified atom stereocenters. The van der Waals surface area contributed by atoms with Crippen LogP contribution in [0.4, 0.5) is 5.69 Å². The highest BCUT2D eigenvalue weighted by Crippen LogP contribution is 2.33. The van der Waals surface area contributed by atoms with Gasteiger partial charge in [-0.3, -0.25) is 9.78 Å². The van der Waals surface area contributed by atoms with Crippen LogP contribution in [0.25, 0.3) is 10.9 Å². The van der Waals surface area contributed by atoms with Crippen LogP contribution in [0, 0.1) is 6.92 Å². The van der Waals surface area contributed by atoms with Crippen molar-refractivity contribution in [3.8, 4) is 0 Å². The van der Waals surface area contributed by atoms with Gasteiger partial charge in [0.25, 0.3) is 5.91 Å². The number of nitrogens with one attached hydrogen (secondary N) is 1. The molecule has 3 aromatic rings. The third-order valence-corrected chi connectivity index (χ3v) is 4.72. The van der Waals surface area contributed by atoms with Crippen molar-refractivity contribution in [2.75, 3.05) is 5.32 Å². The SMILES string of the molecule is Cc1ccc2cccc(C(=O)Nc3c(C(C)C)cccc3C(C)C)c2n1. The molecule has 1 heterocycles. The van der Waals surface area contributed by atoms with Crippen LogP contribution >= 0.6 is 0 Å². The summed E-state index contributed by atoms with van der Waals surface area (Å²) in [5.41, 5.74) is 5.52. The molecule has 26 heavy (non-hydrogen) atoms. The number of benzene rings is 2. The number of hydrogen-bond donors (Lipinski definition) is 1. The Kier molecular flexibility index (Phi) is 5.08. The summed E-state index contributed by atoms with van der Waals surface area (Å²) >= 11 is 0. The maximum atomic E-state index is 13.1. The van der Waals surface area contributed by atoms with Crippen molar-refractivity contribution in [3.63, 3.8) is 0 Å². The molecular weight excluding hydrogens is 320 g/mol. The third-order valence-electron chi connectivity index (χ3n) is 4.72. The molecule has 3 nitrogen and oxygen atoms in total. The number of aryl methyl sites for hydroxylation is 1. The molecule has 1 aromatic heterocycles. The Morgan fingerprint density at radius 1 is 0.885 bits per heavy atom. The maximum Gasteiger partial charge on any atom is 0.257 e. The average molecular weight is 346 g/mol. The molecule has 0 aliphatic heterocycles. The molecule has 0 fully saturated rings. The van der Waals surface area contributed by atoms with Crippen molar-refractivity contribution >= 4 is 22.5 Å². The number of para-hydroxylation sites is 2. The van der Waals surface area contributed by atoms with Gasteiger partial charge in [-0.15, -0.1) is 0 Å². The smallest absolute Gasteiger partial charge is 0.257 e. The van der Waals surface area contributed by atoms with E-state index in [1.54, 1.807) is 0 Å². The lowest BCUT2D eigenvalue weighted by molar-refractivity contribution is 0.102. The standard InChI is InChI=1S/C23H26N2O/c1-14(2)18-9-7-10-19(15(3)4)22(18)25-23(26)20-11-6-8-17-13-12-16(5)24-21(17)20/h6-15H,1-5H3,(H,25,26). The van der Waals surface area contributed by atoms with E-state index in [-0.39, 0.29) is 5.91 Å². The Bertz CT molecular complexity index is 931. The van der Waals surface area contributed by atoms with Crippen LogP contribution in [0.15, 0.2) is 48.5 Å². The van der Waals surface area contributed by atoms with Crippen molar-refractivity contribution in [2.45, 2.75) is 46.5 Å². The van der Waals surface area contributed by atoms with Crippen LogP contribution in [0.3, 0.4) is 0 Å². The number of fused-ring (bicyclic) bond motifs is 1. The summed E-state index contributed by atoms with van der Waals surface area (Å²) in [6, 6.07) is 16.0. The van der Waals surface area contributed by atoms with E-state index in [1.165, 1.54) is 0 Å². The molecule has 0 radical (unpaired) electrons. The second-order valence-corrected chi connectivity index (χ2v) is 7.40. The summed E-state index contributed by atoms with van der Waals surface area (Å²) < 4.78 is 0. The molecule has 0 aliphatic carbocycles. The van der Waals surface area contributed by atoms with Crippen molar-refractivity contribution in [3.05, 3.63) is 70.9 Å². The minimum atomic E-state index is -0.108. The van der Waals surface area contributed by atoms with E-state index >= 15 is 0 Å². The van der Waals surface area contributed by atoms with E-state index in [1.807, 2.05) is 37.3 Å². The molecule has 2 aromatic carbocycles. The maximum absolute atomic E-state index is 13.1. The first-order valence-corrected chi connectivity index (χ1v) is 9.19. The number of rotatable bonds is 4. The van der Waals surface area contributed by atoms with E-state index in [0.717, 1.165) is 33.4 Å². The van der Waals surface area contributed by atoms with E-state index in [4.69, 9.17) is 0 Å². The second kappa shape index (κ2) is 7.28. The van der Waals surface area contributed by atoms with Crippen molar-refractivity contribution in [1.82, 2.24) is 4.98 Å². The Balaban J connectivity index is 2.08. The number of nitrogens with zero attached hydrogens (tertiary/aromatic N) is 1. The van der Waals surface area contributed by atoms with Crippen molar-refractivity contribution < 1.29 is 4.79 Å². The Morgan fingerprint density at radius 3 is 2.12 bits per heavy atom. The second-order valence-electron chi connectivity index (χ2n) is 7.40. The van der Waals surface area contributed by atoms with Crippen LogP contribution in [0.5, 0.6) is 0 Å². The van der Waals surface area contributed by atoms with Gasteiger partial charge < -0.3 is 5.32 Å². The zero-order valence-electron chi connectivity index (χ0n) is 16.1. The predicted molar refractivity (Wildman–Crippen MR) is 109 cm³/mol. The first kappa shape index (κ1) is 18.1. The lowest BCUT2D eigenvalue weighted by Crippen LogP contribution is -2.16. The molecule has 3 heteroatoms. The Hall–Kier alpha value is -2.68. The summed E-state index contributed by atoms with van der Waals surface area (Å²) in [5, 5.41) is 4.17. The van der Waals surface area contributed by atoms with E-state index in [2.05, 4.69) is 56.2 Å². The van der Waals surface area contributed by atoms with Crippen LogP contribution in [-0.4, -0.2) is 10.9 Å². The summed E-state index contributed by atoms with van der Waals surface area (Å²) in [6.45, 7) is 10.5. The highest BCUT2D eigenvalue weighted by molar-refractivity contribution is 6.12. The van der Waals surface area contributed by atoms with Crippen LogP contribution in [-0.2, 0) is 0 Å². The van der Waals surface area contributed by atoms with Crippen molar-refractivity contribution in [1.29, 1.82) is 0 Å². The van der Waals surface area contributed by atoms with Gasteiger partial charge in [0.1, 0.15) is 0 Å². The summed E-state index contributed by atoms with van der Waals surface area (Å²) in [7, 11) is 0. The number of carbonyl (C=O) groups is 1. The number of carbonyl (C=O) groups excluding carboxylic acids is 1. The van der Waals surface area contributed by atoms with Gasteiger partial charge in [0, 0.05) is 16.8 Å². The molecular formula is C23H26N2O. The quantitative estimate of drug-likeness (QED) is 0.625. The summed E-state index contributed by atoms with van der Waals surface area (Å²) in [5.74, 6) is 0.553. The van der Waals surface area contributed by atoms with E-state index in [9.17, 15) is 4.79 Å².